The van der Waals surface area contributed by atoms with E-state index in [-0.39, 0.29) is 12.1 Å². The number of rotatable bonds is 7. The zero-order chi connectivity index (χ0) is 20.8. The van der Waals surface area contributed by atoms with Crippen molar-refractivity contribution in [2.45, 2.75) is 12.5 Å². The minimum absolute atomic E-state index is 0.0432. The molecule has 0 heterocycles. The van der Waals surface area contributed by atoms with Crippen molar-refractivity contribution in [2.75, 3.05) is 4.31 Å². The van der Waals surface area contributed by atoms with E-state index in [1.54, 1.807) is 72.8 Å². The smallest absolute Gasteiger partial charge is 0.327 e. The van der Waals surface area contributed by atoms with Crippen molar-refractivity contribution in [2.24, 2.45) is 0 Å². The first kappa shape index (κ1) is 20.3. The topological polar surface area (TPSA) is 104 Å². The summed E-state index contributed by atoms with van der Waals surface area (Å²) in [6.07, 6.45) is 0.0432. The summed E-state index contributed by atoms with van der Waals surface area (Å²) in [5.74, 6) is -1.23. The number of nitriles is 1. The Morgan fingerprint density at radius 2 is 1.55 bits per heavy atom. The zero-order valence-electron chi connectivity index (χ0n) is 15.3. The van der Waals surface area contributed by atoms with Crippen molar-refractivity contribution in [3.8, 4) is 17.2 Å². The first-order valence-corrected chi connectivity index (χ1v) is 9.78. The SMILES string of the molecule is N#Cc1ccc(-c2ccc(N(C(Cc3ccccc3)C(=O)O)S(=O)[O-])cc2)cc1. The van der Waals surface area contributed by atoms with Crippen molar-refractivity contribution in [3.63, 3.8) is 0 Å². The highest BCUT2D eigenvalue weighted by atomic mass is 32.2. The molecule has 0 saturated heterocycles. The maximum absolute atomic E-state index is 11.9. The molecular formula is C22H17N2O4S-. The second kappa shape index (κ2) is 9.15. The fourth-order valence-electron chi connectivity index (χ4n) is 3.02. The van der Waals surface area contributed by atoms with E-state index in [0.717, 1.165) is 21.0 Å². The molecule has 0 spiro atoms. The number of nitrogens with zero attached hydrogens (tertiary/aromatic N) is 2. The van der Waals surface area contributed by atoms with Crippen LogP contribution in [0, 0.1) is 11.3 Å². The van der Waals surface area contributed by atoms with Gasteiger partial charge in [-0.15, -0.1) is 0 Å². The predicted molar refractivity (Wildman–Crippen MR) is 110 cm³/mol. The third-order valence-corrected chi connectivity index (χ3v) is 5.26. The average molecular weight is 405 g/mol. The Morgan fingerprint density at radius 1 is 1.00 bits per heavy atom. The van der Waals surface area contributed by atoms with Gasteiger partial charge in [-0.2, -0.15) is 5.26 Å². The highest BCUT2D eigenvalue weighted by Crippen LogP contribution is 2.26. The summed E-state index contributed by atoms with van der Waals surface area (Å²) in [7, 11) is 0. The fourth-order valence-corrected chi connectivity index (χ4v) is 3.68. The van der Waals surface area contributed by atoms with Gasteiger partial charge in [0.05, 0.1) is 11.6 Å². The van der Waals surface area contributed by atoms with Gasteiger partial charge in [0.25, 0.3) is 0 Å². The van der Waals surface area contributed by atoms with Gasteiger partial charge in [0.2, 0.25) is 0 Å². The standard InChI is InChI=1S/C22H18N2O4S/c23-15-17-6-8-18(9-7-17)19-10-12-20(13-11-19)24(29(27)28)21(22(25)26)14-16-4-2-1-3-5-16/h1-13,21H,14H2,(H,25,26)(H,27,28)/p-1. The maximum atomic E-state index is 11.9. The van der Waals surface area contributed by atoms with E-state index in [2.05, 4.69) is 6.07 Å². The van der Waals surface area contributed by atoms with Crippen LogP contribution in [0.2, 0.25) is 0 Å². The summed E-state index contributed by atoms with van der Waals surface area (Å²) in [5, 5.41) is 18.5. The van der Waals surface area contributed by atoms with Crippen molar-refractivity contribution in [1.82, 2.24) is 0 Å². The van der Waals surface area contributed by atoms with Gasteiger partial charge < -0.3 is 9.66 Å². The molecule has 29 heavy (non-hydrogen) atoms. The van der Waals surface area contributed by atoms with Crippen LogP contribution in [-0.4, -0.2) is 25.9 Å². The number of carbonyl (C=O) groups is 1. The van der Waals surface area contributed by atoms with Crippen molar-refractivity contribution >= 4 is 22.9 Å². The quantitative estimate of drug-likeness (QED) is 0.606. The molecule has 1 N–H and O–H groups in total. The van der Waals surface area contributed by atoms with Crippen LogP contribution in [0.15, 0.2) is 78.9 Å². The van der Waals surface area contributed by atoms with Crippen molar-refractivity contribution < 1.29 is 18.7 Å². The third kappa shape index (κ3) is 4.88. The summed E-state index contributed by atoms with van der Waals surface area (Å²) in [6.45, 7) is 0. The van der Waals surface area contributed by atoms with Gasteiger partial charge in [-0.25, -0.2) is 4.79 Å². The predicted octanol–water partition coefficient (Wildman–Crippen LogP) is 3.52. The summed E-state index contributed by atoms with van der Waals surface area (Å²) >= 11 is -2.77. The molecule has 3 aromatic rings. The molecule has 2 atom stereocenters. The average Bonchev–Trinajstić information content (AvgIpc) is 2.74. The second-order valence-electron chi connectivity index (χ2n) is 6.32. The van der Waals surface area contributed by atoms with Crippen LogP contribution in [0.5, 0.6) is 0 Å². The van der Waals surface area contributed by atoms with Gasteiger partial charge in [-0.3, -0.25) is 8.51 Å². The first-order chi connectivity index (χ1) is 14.0. The summed E-state index contributed by atoms with van der Waals surface area (Å²) in [5.41, 5.74) is 3.22. The molecule has 0 aliphatic heterocycles. The Hall–Kier alpha value is -3.47. The number of hydrogen-bond donors (Lipinski definition) is 1. The van der Waals surface area contributed by atoms with Crippen LogP contribution in [0.1, 0.15) is 11.1 Å². The van der Waals surface area contributed by atoms with Crippen LogP contribution in [0.25, 0.3) is 11.1 Å². The zero-order valence-corrected chi connectivity index (χ0v) is 16.1. The number of hydrogen-bond acceptors (Lipinski definition) is 4. The molecule has 6 nitrogen and oxygen atoms in total. The Kier molecular flexibility index (Phi) is 6.39. The minimum atomic E-state index is -2.77. The maximum Gasteiger partial charge on any atom is 0.327 e. The lowest BCUT2D eigenvalue weighted by Crippen LogP contribution is -2.44. The van der Waals surface area contributed by atoms with Gasteiger partial charge in [-0.05, 0) is 41.0 Å². The Labute approximate surface area is 171 Å². The van der Waals surface area contributed by atoms with Crippen LogP contribution in [0.3, 0.4) is 0 Å². The molecule has 0 aromatic heterocycles. The molecule has 146 valence electrons. The lowest BCUT2D eigenvalue weighted by atomic mass is 10.0. The number of benzene rings is 3. The molecule has 0 fully saturated rings. The van der Waals surface area contributed by atoms with Gasteiger partial charge in [0.1, 0.15) is 6.04 Å². The lowest BCUT2D eigenvalue weighted by molar-refractivity contribution is -0.138. The van der Waals surface area contributed by atoms with Gasteiger partial charge in [0.15, 0.2) is 0 Å². The van der Waals surface area contributed by atoms with Gasteiger partial charge in [-0.1, -0.05) is 54.6 Å². The third-order valence-electron chi connectivity index (χ3n) is 4.47. The van der Waals surface area contributed by atoms with Gasteiger partial charge in [0, 0.05) is 23.4 Å². The highest BCUT2D eigenvalue weighted by molar-refractivity contribution is 7.80. The summed E-state index contributed by atoms with van der Waals surface area (Å²) < 4.78 is 24.7. The minimum Gasteiger partial charge on any atom is -0.755 e. The summed E-state index contributed by atoms with van der Waals surface area (Å²) in [4.78, 5) is 11.8. The van der Waals surface area contributed by atoms with Crippen LogP contribution >= 0.6 is 0 Å². The lowest BCUT2D eigenvalue weighted by Gasteiger charge is -2.32. The molecule has 7 heteroatoms. The molecule has 0 radical (unpaired) electrons. The Balaban J connectivity index is 1.90. The Bertz CT molecular complexity index is 1040. The molecule has 0 saturated carbocycles. The number of carboxylic acids is 1. The number of aliphatic carboxylic acids is 1. The molecule has 0 bridgehead atoms. The molecule has 0 aliphatic carbocycles. The molecular weight excluding hydrogens is 388 g/mol. The van der Waals surface area contributed by atoms with Crippen molar-refractivity contribution in [1.29, 1.82) is 5.26 Å². The molecule has 0 aliphatic rings. The monoisotopic (exact) mass is 405 g/mol. The van der Waals surface area contributed by atoms with Crippen LogP contribution < -0.4 is 4.31 Å². The van der Waals surface area contributed by atoms with E-state index >= 15 is 0 Å². The first-order valence-electron chi connectivity index (χ1n) is 8.75. The summed E-state index contributed by atoms with van der Waals surface area (Å²) in [6, 6.07) is 23.2. The van der Waals surface area contributed by atoms with E-state index in [9.17, 15) is 18.7 Å². The molecule has 3 rings (SSSR count). The van der Waals surface area contributed by atoms with E-state index in [4.69, 9.17) is 5.26 Å². The molecule has 2 unspecified atom stereocenters. The largest absolute Gasteiger partial charge is 0.755 e. The molecule has 3 aromatic carbocycles. The highest BCUT2D eigenvalue weighted by Gasteiger charge is 2.27. The number of carboxylic acid groups (broad SMARTS) is 1. The fraction of sp³-hybridized carbons (Fsp3) is 0.0909. The number of anilines is 1. The Morgan fingerprint density at radius 3 is 2.03 bits per heavy atom. The van der Waals surface area contributed by atoms with E-state index in [0.29, 0.717) is 5.56 Å². The van der Waals surface area contributed by atoms with Crippen molar-refractivity contribution in [3.05, 3.63) is 90.0 Å². The molecule has 0 amide bonds. The normalized spacial score (nSPS) is 12.6. The van der Waals surface area contributed by atoms with E-state index in [1.165, 1.54) is 0 Å². The van der Waals surface area contributed by atoms with E-state index in [1.807, 2.05) is 6.07 Å². The van der Waals surface area contributed by atoms with Crippen LogP contribution in [-0.2, 0) is 22.5 Å². The van der Waals surface area contributed by atoms with Crippen LogP contribution in [0.4, 0.5) is 5.69 Å². The second-order valence-corrected chi connectivity index (χ2v) is 7.15. The van der Waals surface area contributed by atoms with Gasteiger partial charge >= 0.3 is 5.97 Å². The van der Waals surface area contributed by atoms with E-state index < -0.39 is 23.3 Å².